The third-order valence-electron chi connectivity index (χ3n) is 3.10. The van der Waals surface area contributed by atoms with Crippen molar-refractivity contribution in [1.29, 1.82) is 0 Å². The number of carbonyl (C=O) groups is 2. The Hall–Kier alpha value is -1.84. The van der Waals surface area contributed by atoms with Gasteiger partial charge in [0.15, 0.2) is 0 Å². The molecule has 0 unspecified atom stereocenters. The van der Waals surface area contributed by atoms with E-state index in [1.807, 2.05) is 12.1 Å². The lowest BCUT2D eigenvalue weighted by Crippen LogP contribution is -2.23. The van der Waals surface area contributed by atoms with Crippen LogP contribution in [0, 0.1) is 0 Å². The molecule has 0 atom stereocenters. The fraction of sp³-hybridized carbons (Fsp3) is 0.500. The smallest absolute Gasteiger partial charge is 0.253 e. The monoisotopic (exact) mass is 276 g/mol. The third-order valence-corrected chi connectivity index (χ3v) is 3.10. The topological polar surface area (TPSA) is 49.4 Å². The number of unbranched alkanes of at least 4 members (excludes halogenated alkanes) is 2. The Morgan fingerprint density at radius 2 is 1.75 bits per heavy atom. The maximum atomic E-state index is 11.7. The van der Waals surface area contributed by atoms with Crippen molar-refractivity contribution in [1.82, 2.24) is 10.2 Å². The van der Waals surface area contributed by atoms with Gasteiger partial charge in [0.25, 0.3) is 5.91 Å². The average Bonchev–Trinajstić information content (AvgIpc) is 2.45. The van der Waals surface area contributed by atoms with Crippen molar-refractivity contribution >= 4 is 11.8 Å². The van der Waals surface area contributed by atoms with Crippen LogP contribution in [0.4, 0.5) is 0 Å². The standard InChI is InChI=1S/C16H24N2O2/c1-4-5-6-7-15(19)17-12-13-8-10-14(11-9-13)16(20)18(2)3/h8-11H,4-7,12H2,1-3H3,(H,17,19). The molecule has 2 amide bonds. The molecule has 1 rings (SSSR count). The second-order valence-electron chi connectivity index (χ2n) is 5.13. The maximum Gasteiger partial charge on any atom is 0.253 e. The zero-order valence-corrected chi connectivity index (χ0v) is 12.6. The van der Waals surface area contributed by atoms with E-state index in [0.29, 0.717) is 18.5 Å². The first-order valence-corrected chi connectivity index (χ1v) is 7.12. The summed E-state index contributed by atoms with van der Waals surface area (Å²) in [6, 6.07) is 7.34. The van der Waals surface area contributed by atoms with Crippen LogP contribution in [0.2, 0.25) is 0 Å². The van der Waals surface area contributed by atoms with Crippen LogP contribution < -0.4 is 5.32 Å². The summed E-state index contributed by atoms with van der Waals surface area (Å²) >= 11 is 0. The lowest BCUT2D eigenvalue weighted by Gasteiger charge is -2.10. The van der Waals surface area contributed by atoms with Gasteiger partial charge in [0, 0.05) is 32.6 Å². The molecule has 1 aromatic carbocycles. The SMILES string of the molecule is CCCCCC(=O)NCc1ccc(C(=O)N(C)C)cc1. The van der Waals surface area contributed by atoms with Gasteiger partial charge < -0.3 is 10.2 Å². The minimum atomic E-state index is -0.0137. The third kappa shape index (κ3) is 5.43. The molecule has 1 aromatic rings. The van der Waals surface area contributed by atoms with Gasteiger partial charge in [-0.15, -0.1) is 0 Å². The highest BCUT2D eigenvalue weighted by Gasteiger charge is 2.07. The molecule has 1 N–H and O–H groups in total. The van der Waals surface area contributed by atoms with E-state index in [-0.39, 0.29) is 11.8 Å². The zero-order chi connectivity index (χ0) is 15.0. The summed E-state index contributed by atoms with van der Waals surface area (Å²) in [5, 5.41) is 2.90. The zero-order valence-electron chi connectivity index (χ0n) is 12.6. The first kappa shape index (κ1) is 16.2. The quantitative estimate of drug-likeness (QED) is 0.778. The molecule has 20 heavy (non-hydrogen) atoms. The summed E-state index contributed by atoms with van der Waals surface area (Å²) in [6.45, 7) is 2.63. The molecule has 0 saturated heterocycles. The van der Waals surface area contributed by atoms with Crippen LogP contribution in [0.25, 0.3) is 0 Å². The van der Waals surface area contributed by atoms with Gasteiger partial charge in [-0.2, -0.15) is 0 Å². The Morgan fingerprint density at radius 3 is 2.30 bits per heavy atom. The molecule has 0 saturated carbocycles. The molecule has 0 heterocycles. The Labute approximate surface area is 121 Å². The van der Waals surface area contributed by atoms with Gasteiger partial charge in [-0.3, -0.25) is 9.59 Å². The van der Waals surface area contributed by atoms with Crippen LogP contribution in [0.5, 0.6) is 0 Å². The second kappa shape index (κ2) is 8.35. The first-order valence-electron chi connectivity index (χ1n) is 7.12. The van der Waals surface area contributed by atoms with Crippen LogP contribution in [-0.2, 0) is 11.3 Å². The van der Waals surface area contributed by atoms with Crippen molar-refractivity contribution in [3.8, 4) is 0 Å². The summed E-state index contributed by atoms with van der Waals surface area (Å²) in [5.41, 5.74) is 1.66. The van der Waals surface area contributed by atoms with Crippen molar-refractivity contribution in [3.05, 3.63) is 35.4 Å². The molecule has 4 heteroatoms. The van der Waals surface area contributed by atoms with Crippen LogP contribution in [0.15, 0.2) is 24.3 Å². The van der Waals surface area contributed by atoms with Gasteiger partial charge in [-0.05, 0) is 24.1 Å². The number of rotatable bonds is 7. The maximum absolute atomic E-state index is 11.7. The predicted molar refractivity (Wildman–Crippen MR) is 80.4 cm³/mol. The summed E-state index contributed by atoms with van der Waals surface area (Å²) in [5.74, 6) is 0.0760. The highest BCUT2D eigenvalue weighted by atomic mass is 16.2. The van der Waals surface area contributed by atoms with Crippen LogP contribution >= 0.6 is 0 Å². The van der Waals surface area contributed by atoms with E-state index in [1.165, 1.54) is 0 Å². The molecule has 0 bridgehead atoms. The predicted octanol–water partition coefficient (Wildman–Crippen LogP) is 2.58. The van der Waals surface area contributed by atoms with Gasteiger partial charge in [-0.1, -0.05) is 31.9 Å². The first-order chi connectivity index (χ1) is 9.54. The van der Waals surface area contributed by atoms with Crippen molar-refractivity contribution in [2.24, 2.45) is 0 Å². The largest absolute Gasteiger partial charge is 0.352 e. The van der Waals surface area contributed by atoms with Crippen LogP contribution in [-0.4, -0.2) is 30.8 Å². The Bertz CT molecular complexity index is 438. The van der Waals surface area contributed by atoms with E-state index < -0.39 is 0 Å². The molecule has 0 aromatic heterocycles. The summed E-state index contributed by atoms with van der Waals surface area (Å²) < 4.78 is 0. The highest BCUT2D eigenvalue weighted by Crippen LogP contribution is 2.06. The summed E-state index contributed by atoms with van der Waals surface area (Å²) in [6.07, 6.45) is 3.74. The second-order valence-corrected chi connectivity index (χ2v) is 5.13. The summed E-state index contributed by atoms with van der Waals surface area (Å²) in [7, 11) is 3.46. The van der Waals surface area contributed by atoms with E-state index in [2.05, 4.69) is 12.2 Å². The van der Waals surface area contributed by atoms with Gasteiger partial charge in [-0.25, -0.2) is 0 Å². The Balaban J connectivity index is 2.42. The van der Waals surface area contributed by atoms with Crippen molar-refractivity contribution < 1.29 is 9.59 Å². The molecule has 0 spiro atoms. The fourth-order valence-corrected chi connectivity index (χ4v) is 1.85. The minimum absolute atomic E-state index is 0.0137. The number of carbonyl (C=O) groups excluding carboxylic acids is 2. The molecule has 110 valence electrons. The van der Waals surface area contributed by atoms with E-state index in [0.717, 1.165) is 24.8 Å². The number of nitrogens with one attached hydrogen (secondary N) is 1. The molecule has 4 nitrogen and oxygen atoms in total. The highest BCUT2D eigenvalue weighted by molar-refractivity contribution is 5.93. The fourth-order valence-electron chi connectivity index (χ4n) is 1.85. The lowest BCUT2D eigenvalue weighted by molar-refractivity contribution is -0.121. The van der Waals surface area contributed by atoms with Crippen LogP contribution in [0.3, 0.4) is 0 Å². The minimum Gasteiger partial charge on any atom is -0.352 e. The average molecular weight is 276 g/mol. The number of hydrogen-bond donors (Lipinski definition) is 1. The van der Waals surface area contributed by atoms with Crippen LogP contribution in [0.1, 0.15) is 48.5 Å². The van der Waals surface area contributed by atoms with Gasteiger partial charge >= 0.3 is 0 Å². The summed E-state index contributed by atoms with van der Waals surface area (Å²) in [4.78, 5) is 24.9. The van der Waals surface area contributed by atoms with Gasteiger partial charge in [0.1, 0.15) is 0 Å². The molecule has 0 aliphatic rings. The number of amides is 2. The number of benzene rings is 1. The van der Waals surface area contributed by atoms with Crippen molar-refractivity contribution in [3.63, 3.8) is 0 Å². The number of hydrogen-bond acceptors (Lipinski definition) is 2. The molecule has 0 aliphatic heterocycles. The lowest BCUT2D eigenvalue weighted by atomic mass is 10.1. The van der Waals surface area contributed by atoms with Gasteiger partial charge in [0.05, 0.1) is 0 Å². The number of nitrogens with zero attached hydrogens (tertiary/aromatic N) is 1. The molecule has 0 aliphatic carbocycles. The van der Waals surface area contributed by atoms with Crippen molar-refractivity contribution in [2.45, 2.75) is 39.2 Å². The Kier molecular flexibility index (Phi) is 6.77. The van der Waals surface area contributed by atoms with E-state index >= 15 is 0 Å². The molecular weight excluding hydrogens is 252 g/mol. The Morgan fingerprint density at radius 1 is 1.10 bits per heavy atom. The van der Waals surface area contributed by atoms with Gasteiger partial charge in [0.2, 0.25) is 5.91 Å². The van der Waals surface area contributed by atoms with E-state index in [4.69, 9.17) is 0 Å². The molecule has 0 radical (unpaired) electrons. The van der Waals surface area contributed by atoms with Crippen molar-refractivity contribution in [2.75, 3.05) is 14.1 Å². The molecular formula is C16H24N2O2. The molecule has 0 fully saturated rings. The van der Waals surface area contributed by atoms with E-state index in [9.17, 15) is 9.59 Å². The van der Waals surface area contributed by atoms with E-state index in [1.54, 1.807) is 31.1 Å². The normalized spacial score (nSPS) is 10.2.